The normalized spacial score (nSPS) is 10.8. The summed E-state index contributed by atoms with van der Waals surface area (Å²) < 4.78 is 7.25. The fourth-order valence-corrected chi connectivity index (χ4v) is 2.75. The highest BCUT2D eigenvalue weighted by Gasteiger charge is 2.16. The first-order valence-electron chi connectivity index (χ1n) is 8.31. The molecule has 6 nitrogen and oxygen atoms in total. The van der Waals surface area contributed by atoms with Gasteiger partial charge in [-0.05, 0) is 31.0 Å². The van der Waals surface area contributed by atoms with Gasteiger partial charge in [-0.1, -0.05) is 24.3 Å². The van der Waals surface area contributed by atoms with Gasteiger partial charge in [0.25, 0.3) is 0 Å². The lowest BCUT2D eigenvalue weighted by Gasteiger charge is -2.06. The minimum Gasteiger partial charge on any atom is -0.496 e. The van der Waals surface area contributed by atoms with Crippen molar-refractivity contribution < 1.29 is 9.84 Å². The topological polar surface area (TPSA) is 73.1 Å². The average Bonchev–Trinajstić information content (AvgIpc) is 3.03. The van der Waals surface area contributed by atoms with E-state index in [1.165, 1.54) is 0 Å². The maximum atomic E-state index is 9.16. The van der Waals surface area contributed by atoms with Crippen molar-refractivity contribution >= 4 is 0 Å². The average molecular weight is 338 g/mol. The number of hydrogen-bond donors (Lipinski definition) is 1. The molecule has 2 aromatic heterocycles. The van der Waals surface area contributed by atoms with Gasteiger partial charge in [-0.3, -0.25) is 4.98 Å². The number of nitrogens with zero attached hydrogens (tertiary/aromatic N) is 4. The van der Waals surface area contributed by atoms with Crippen LogP contribution in [0.15, 0.2) is 42.6 Å². The molecule has 3 aromatic rings. The third-order valence-electron chi connectivity index (χ3n) is 4.01. The number of para-hydroxylation sites is 1. The highest BCUT2D eigenvalue weighted by Crippen LogP contribution is 2.23. The van der Waals surface area contributed by atoms with Gasteiger partial charge in [-0.15, -0.1) is 0 Å². The molecule has 6 heteroatoms. The van der Waals surface area contributed by atoms with Crippen LogP contribution in [0, 0.1) is 6.92 Å². The number of aromatic nitrogens is 4. The van der Waals surface area contributed by atoms with E-state index in [2.05, 4.69) is 10.1 Å². The lowest BCUT2D eigenvalue weighted by Crippen LogP contribution is -2.06. The molecule has 0 unspecified atom stereocenters. The van der Waals surface area contributed by atoms with Crippen molar-refractivity contribution in [3.8, 4) is 17.3 Å². The Labute approximate surface area is 147 Å². The van der Waals surface area contributed by atoms with Crippen LogP contribution in [0.5, 0.6) is 5.75 Å². The molecule has 0 bridgehead atoms. The van der Waals surface area contributed by atoms with Crippen molar-refractivity contribution in [1.82, 2.24) is 19.7 Å². The molecule has 1 aromatic carbocycles. The number of pyridine rings is 1. The number of benzene rings is 1. The van der Waals surface area contributed by atoms with Crippen LogP contribution in [0.2, 0.25) is 0 Å². The molecule has 0 amide bonds. The number of hydrogen-bond acceptors (Lipinski definition) is 5. The van der Waals surface area contributed by atoms with E-state index in [1.54, 1.807) is 13.3 Å². The smallest absolute Gasteiger partial charge is 0.177 e. The molecule has 2 heterocycles. The Morgan fingerprint density at radius 2 is 2.00 bits per heavy atom. The highest BCUT2D eigenvalue weighted by molar-refractivity contribution is 5.54. The van der Waals surface area contributed by atoms with Crippen molar-refractivity contribution in [2.24, 2.45) is 0 Å². The molecule has 0 aliphatic heterocycles. The number of ether oxygens (including phenoxy) is 1. The molecule has 0 spiro atoms. The van der Waals surface area contributed by atoms with E-state index in [1.807, 2.05) is 48.0 Å². The summed E-state index contributed by atoms with van der Waals surface area (Å²) in [5.74, 6) is 2.27. The van der Waals surface area contributed by atoms with E-state index < -0.39 is 0 Å². The van der Waals surface area contributed by atoms with Crippen LogP contribution < -0.4 is 4.74 Å². The van der Waals surface area contributed by atoms with Crippen LogP contribution in [-0.2, 0) is 13.0 Å². The summed E-state index contributed by atoms with van der Waals surface area (Å²) in [6, 6.07) is 11.8. The first kappa shape index (κ1) is 17.1. The minimum absolute atomic E-state index is 0.113. The number of aliphatic hydroxyl groups is 1. The zero-order valence-electron chi connectivity index (χ0n) is 14.5. The summed E-state index contributed by atoms with van der Waals surface area (Å²) in [6.07, 6.45) is 2.96. The maximum Gasteiger partial charge on any atom is 0.177 e. The second-order valence-corrected chi connectivity index (χ2v) is 5.81. The third kappa shape index (κ3) is 3.85. The van der Waals surface area contributed by atoms with Crippen LogP contribution in [0.1, 0.15) is 23.4 Å². The molecule has 0 atom stereocenters. The number of methoxy groups -OCH3 is 1. The van der Waals surface area contributed by atoms with Gasteiger partial charge in [0.05, 0.1) is 7.11 Å². The van der Waals surface area contributed by atoms with Crippen molar-refractivity contribution in [3.05, 3.63) is 59.5 Å². The second-order valence-electron chi connectivity index (χ2n) is 5.81. The standard InChI is InChI=1S/C19H22N4O2/c1-14-7-5-10-20-18(14)19-21-17(22-23(19)11-6-12-24)13-15-8-3-4-9-16(15)25-2/h3-5,7-10,24H,6,11-13H2,1-2H3. The summed E-state index contributed by atoms with van der Waals surface area (Å²) in [5, 5.41) is 13.8. The first-order chi connectivity index (χ1) is 12.2. The quantitative estimate of drug-likeness (QED) is 0.717. The van der Waals surface area contributed by atoms with Crippen LogP contribution in [-0.4, -0.2) is 38.6 Å². The lowest BCUT2D eigenvalue weighted by molar-refractivity contribution is 0.277. The van der Waals surface area contributed by atoms with Gasteiger partial charge in [-0.2, -0.15) is 5.10 Å². The van der Waals surface area contributed by atoms with Crippen LogP contribution in [0.3, 0.4) is 0 Å². The van der Waals surface area contributed by atoms with Crippen molar-refractivity contribution in [2.75, 3.05) is 13.7 Å². The Bertz CT molecular complexity index is 845. The van der Waals surface area contributed by atoms with E-state index in [9.17, 15) is 0 Å². The van der Waals surface area contributed by atoms with Gasteiger partial charge in [0.1, 0.15) is 11.4 Å². The number of aliphatic hydroxyl groups excluding tert-OH is 1. The highest BCUT2D eigenvalue weighted by atomic mass is 16.5. The molecule has 130 valence electrons. The van der Waals surface area contributed by atoms with Crippen LogP contribution in [0.4, 0.5) is 0 Å². The van der Waals surface area contributed by atoms with E-state index >= 15 is 0 Å². The summed E-state index contributed by atoms with van der Waals surface area (Å²) in [5.41, 5.74) is 2.90. The molecule has 0 saturated heterocycles. The van der Waals surface area contributed by atoms with Crippen molar-refractivity contribution in [2.45, 2.75) is 26.3 Å². The molecule has 0 aliphatic carbocycles. The van der Waals surface area contributed by atoms with Crippen LogP contribution >= 0.6 is 0 Å². The maximum absolute atomic E-state index is 9.16. The van der Waals surface area contributed by atoms with E-state index in [0.717, 1.165) is 28.4 Å². The molecule has 0 radical (unpaired) electrons. The molecule has 3 rings (SSSR count). The summed E-state index contributed by atoms with van der Waals surface area (Å²) in [6.45, 7) is 2.72. The lowest BCUT2D eigenvalue weighted by atomic mass is 10.1. The third-order valence-corrected chi connectivity index (χ3v) is 4.01. The number of aryl methyl sites for hydroxylation is 2. The Kier molecular flexibility index (Phi) is 5.40. The Hall–Kier alpha value is -2.73. The monoisotopic (exact) mass is 338 g/mol. The Morgan fingerprint density at radius 3 is 2.76 bits per heavy atom. The second kappa shape index (κ2) is 7.90. The molecular formula is C19H22N4O2. The Balaban J connectivity index is 1.97. The molecule has 0 saturated carbocycles. The summed E-state index contributed by atoms with van der Waals surface area (Å²) in [7, 11) is 1.66. The van der Waals surface area contributed by atoms with E-state index in [0.29, 0.717) is 25.2 Å². The predicted octanol–water partition coefficient (Wildman–Crippen LogP) is 2.63. The van der Waals surface area contributed by atoms with Gasteiger partial charge in [0, 0.05) is 31.3 Å². The van der Waals surface area contributed by atoms with Gasteiger partial charge < -0.3 is 9.84 Å². The van der Waals surface area contributed by atoms with Gasteiger partial charge in [-0.25, -0.2) is 9.67 Å². The fourth-order valence-electron chi connectivity index (χ4n) is 2.75. The van der Waals surface area contributed by atoms with E-state index in [-0.39, 0.29) is 6.61 Å². The zero-order chi connectivity index (χ0) is 17.6. The Morgan fingerprint density at radius 1 is 1.16 bits per heavy atom. The van der Waals surface area contributed by atoms with Gasteiger partial charge in [0.15, 0.2) is 11.6 Å². The molecule has 25 heavy (non-hydrogen) atoms. The molecule has 0 fully saturated rings. The van der Waals surface area contributed by atoms with Gasteiger partial charge >= 0.3 is 0 Å². The predicted molar refractivity (Wildman–Crippen MR) is 95.5 cm³/mol. The minimum atomic E-state index is 0.113. The summed E-state index contributed by atoms with van der Waals surface area (Å²) >= 11 is 0. The van der Waals surface area contributed by atoms with Crippen molar-refractivity contribution in [1.29, 1.82) is 0 Å². The molecular weight excluding hydrogens is 316 g/mol. The molecule has 0 aliphatic rings. The van der Waals surface area contributed by atoms with Crippen LogP contribution in [0.25, 0.3) is 11.5 Å². The zero-order valence-corrected chi connectivity index (χ0v) is 14.5. The molecule has 1 N–H and O–H groups in total. The van der Waals surface area contributed by atoms with E-state index in [4.69, 9.17) is 14.8 Å². The summed E-state index contributed by atoms with van der Waals surface area (Å²) in [4.78, 5) is 9.18. The largest absolute Gasteiger partial charge is 0.496 e. The SMILES string of the molecule is COc1ccccc1Cc1nc(-c2ncccc2C)n(CCCO)n1. The van der Waals surface area contributed by atoms with Gasteiger partial charge in [0.2, 0.25) is 0 Å². The fraction of sp³-hybridized carbons (Fsp3) is 0.316. The van der Waals surface area contributed by atoms with Crippen molar-refractivity contribution in [3.63, 3.8) is 0 Å². The first-order valence-corrected chi connectivity index (χ1v) is 8.31. The number of rotatable bonds is 7.